The summed E-state index contributed by atoms with van der Waals surface area (Å²) in [4.78, 5) is -0.0495. The zero-order valence-electron chi connectivity index (χ0n) is 11.1. The van der Waals surface area contributed by atoms with E-state index in [-0.39, 0.29) is 21.5 Å². The van der Waals surface area contributed by atoms with Crippen LogP contribution in [-0.2, 0) is 16.6 Å². The van der Waals surface area contributed by atoms with Crippen molar-refractivity contribution in [2.24, 2.45) is 0 Å². The van der Waals surface area contributed by atoms with Crippen LogP contribution in [0.25, 0.3) is 0 Å². The van der Waals surface area contributed by atoms with E-state index >= 15 is 0 Å². The van der Waals surface area contributed by atoms with Crippen LogP contribution in [0.5, 0.6) is 5.75 Å². The molecule has 0 bridgehead atoms. The number of hydrogen-bond acceptors (Lipinski definition) is 3. The number of hydrogen-bond donors (Lipinski definition) is 1. The predicted molar refractivity (Wildman–Crippen MR) is 83.5 cm³/mol. The molecule has 0 fully saturated rings. The van der Waals surface area contributed by atoms with E-state index in [2.05, 4.69) is 4.72 Å². The number of rotatable bonds is 5. The molecule has 0 atom stereocenters. The minimum Gasteiger partial charge on any atom is -0.496 e. The molecule has 0 radical (unpaired) electrons. The van der Waals surface area contributed by atoms with Crippen LogP contribution in [0.4, 0.5) is 0 Å². The third-order valence-electron chi connectivity index (χ3n) is 2.85. The Bertz CT molecular complexity index is 748. The highest BCUT2D eigenvalue weighted by molar-refractivity contribution is 7.89. The van der Waals surface area contributed by atoms with Gasteiger partial charge in [-0.3, -0.25) is 0 Å². The topological polar surface area (TPSA) is 55.4 Å². The molecule has 0 amide bonds. The second-order valence-corrected chi connectivity index (χ2v) is 6.71. The van der Waals surface area contributed by atoms with Crippen molar-refractivity contribution in [3.8, 4) is 5.75 Å². The standard InChI is InChI=1S/C14H13Cl2NO3S/c1-20-12-7-3-2-5-10(12)9-17-21(18,19)13-8-4-6-11(15)14(13)16/h2-8,17H,9H2,1H3. The van der Waals surface area contributed by atoms with Gasteiger partial charge in [-0.05, 0) is 18.2 Å². The van der Waals surface area contributed by atoms with Gasteiger partial charge < -0.3 is 4.74 Å². The molecule has 4 nitrogen and oxygen atoms in total. The van der Waals surface area contributed by atoms with Gasteiger partial charge in [-0.25, -0.2) is 13.1 Å². The average molecular weight is 346 g/mol. The average Bonchev–Trinajstić information content (AvgIpc) is 2.48. The Hall–Kier alpha value is -1.27. The van der Waals surface area contributed by atoms with Gasteiger partial charge in [-0.2, -0.15) is 0 Å². The van der Waals surface area contributed by atoms with Crippen molar-refractivity contribution in [3.63, 3.8) is 0 Å². The molecule has 0 aliphatic heterocycles. The Morgan fingerprint density at radius 1 is 1.10 bits per heavy atom. The van der Waals surface area contributed by atoms with Crippen molar-refractivity contribution >= 4 is 33.2 Å². The molecule has 0 heterocycles. The van der Waals surface area contributed by atoms with Crippen LogP contribution in [0.15, 0.2) is 47.4 Å². The van der Waals surface area contributed by atoms with Crippen LogP contribution < -0.4 is 9.46 Å². The molecule has 7 heteroatoms. The molecule has 2 rings (SSSR count). The lowest BCUT2D eigenvalue weighted by Gasteiger charge is -2.11. The molecular formula is C14H13Cl2NO3S. The number of ether oxygens (including phenoxy) is 1. The van der Waals surface area contributed by atoms with E-state index in [0.29, 0.717) is 5.75 Å². The molecule has 112 valence electrons. The molecule has 0 aromatic heterocycles. The first kappa shape index (κ1) is 16.1. The van der Waals surface area contributed by atoms with Gasteiger partial charge in [-0.15, -0.1) is 0 Å². The normalized spacial score (nSPS) is 11.4. The van der Waals surface area contributed by atoms with Crippen molar-refractivity contribution in [1.82, 2.24) is 4.72 Å². The van der Waals surface area contributed by atoms with Gasteiger partial charge in [0.15, 0.2) is 0 Å². The van der Waals surface area contributed by atoms with Crippen LogP contribution in [0.1, 0.15) is 5.56 Å². The van der Waals surface area contributed by atoms with Crippen LogP contribution in [0.3, 0.4) is 0 Å². The minimum absolute atomic E-state index is 0.00620. The van der Waals surface area contributed by atoms with E-state index in [1.165, 1.54) is 25.3 Å². The summed E-state index contributed by atoms with van der Waals surface area (Å²) >= 11 is 11.8. The van der Waals surface area contributed by atoms with E-state index in [0.717, 1.165) is 5.56 Å². The van der Waals surface area contributed by atoms with Gasteiger partial charge >= 0.3 is 0 Å². The summed E-state index contributed by atoms with van der Waals surface area (Å²) in [6.45, 7) is 0.0924. The first-order valence-corrected chi connectivity index (χ1v) is 8.25. The summed E-state index contributed by atoms with van der Waals surface area (Å²) in [6, 6.07) is 11.6. The summed E-state index contributed by atoms with van der Waals surface area (Å²) in [7, 11) is -2.23. The quantitative estimate of drug-likeness (QED) is 0.902. The van der Waals surface area contributed by atoms with Gasteiger partial charge in [0.05, 0.1) is 17.2 Å². The first-order chi connectivity index (χ1) is 9.95. The van der Waals surface area contributed by atoms with Crippen LogP contribution in [-0.4, -0.2) is 15.5 Å². The van der Waals surface area contributed by atoms with Gasteiger partial charge in [0.1, 0.15) is 10.6 Å². The third kappa shape index (κ3) is 3.68. The lowest BCUT2D eigenvalue weighted by atomic mass is 10.2. The van der Waals surface area contributed by atoms with Gasteiger partial charge in [-0.1, -0.05) is 47.5 Å². The molecule has 0 spiro atoms. The summed E-state index contributed by atoms with van der Waals surface area (Å²) < 4.78 is 32.2. The maximum Gasteiger partial charge on any atom is 0.242 e. The zero-order valence-corrected chi connectivity index (χ0v) is 13.5. The van der Waals surface area contributed by atoms with Gasteiger partial charge in [0, 0.05) is 12.1 Å². The van der Waals surface area contributed by atoms with Crippen molar-refractivity contribution < 1.29 is 13.2 Å². The Morgan fingerprint density at radius 2 is 1.81 bits per heavy atom. The number of sulfonamides is 1. The highest BCUT2D eigenvalue weighted by Gasteiger charge is 2.19. The Balaban J connectivity index is 2.24. The maximum atomic E-state index is 12.3. The maximum absolute atomic E-state index is 12.3. The van der Waals surface area contributed by atoms with E-state index in [1.54, 1.807) is 18.2 Å². The third-order valence-corrected chi connectivity index (χ3v) is 5.23. The van der Waals surface area contributed by atoms with E-state index in [4.69, 9.17) is 27.9 Å². The molecule has 2 aromatic rings. The van der Waals surface area contributed by atoms with Crippen LogP contribution in [0, 0.1) is 0 Å². The predicted octanol–water partition coefficient (Wildman–Crippen LogP) is 3.48. The van der Waals surface area contributed by atoms with Crippen LogP contribution in [0.2, 0.25) is 10.0 Å². The fourth-order valence-corrected chi connectivity index (χ4v) is 3.56. The summed E-state index contributed by atoms with van der Waals surface area (Å²) in [5, 5.41) is 0.198. The van der Waals surface area contributed by atoms with E-state index in [9.17, 15) is 8.42 Å². The molecule has 0 aliphatic carbocycles. The molecule has 2 aromatic carbocycles. The molecule has 1 N–H and O–H groups in total. The molecule has 21 heavy (non-hydrogen) atoms. The summed E-state index contributed by atoms with van der Waals surface area (Å²) in [6.07, 6.45) is 0. The van der Waals surface area contributed by atoms with E-state index < -0.39 is 10.0 Å². The van der Waals surface area contributed by atoms with E-state index in [1.807, 2.05) is 6.07 Å². The number of benzene rings is 2. The fraction of sp³-hybridized carbons (Fsp3) is 0.143. The first-order valence-electron chi connectivity index (χ1n) is 6.01. The monoisotopic (exact) mass is 345 g/mol. The Kier molecular flexibility index (Phi) is 5.11. The smallest absolute Gasteiger partial charge is 0.242 e. The number of para-hydroxylation sites is 1. The largest absolute Gasteiger partial charge is 0.496 e. The fourth-order valence-electron chi connectivity index (χ4n) is 1.79. The Morgan fingerprint density at radius 3 is 2.52 bits per heavy atom. The molecule has 0 saturated heterocycles. The molecule has 0 saturated carbocycles. The summed E-state index contributed by atoms with van der Waals surface area (Å²) in [5.41, 5.74) is 0.724. The molecular weight excluding hydrogens is 333 g/mol. The molecule has 0 unspecified atom stereocenters. The Labute approximate surface area is 133 Å². The van der Waals surface area contributed by atoms with Crippen molar-refractivity contribution in [1.29, 1.82) is 0 Å². The second-order valence-electron chi connectivity index (χ2n) is 4.19. The van der Waals surface area contributed by atoms with Crippen molar-refractivity contribution in [3.05, 3.63) is 58.1 Å². The second kappa shape index (κ2) is 6.66. The van der Waals surface area contributed by atoms with Crippen LogP contribution >= 0.6 is 23.2 Å². The zero-order chi connectivity index (χ0) is 15.5. The highest BCUT2D eigenvalue weighted by atomic mass is 35.5. The lowest BCUT2D eigenvalue weighted by molar-refractivity contribution is 0.409. The number of nitrogens with one attached hydrogen (secondary N) is 1. The number of halogens is 2. The minimum atomic E-state index is -3.76. The SMILES string of the molecule is COc1ccccc1CNS(=O)(=O)c1cccc(Cl)c1Cl. The number of methoxy groups -OCH3 is 1. The van der Waals surface area contributed by atoms with Crippen molar-refractivity contribution in [2.75, 3.05) is 7.11 Å². The highest BCUT2D eigenvalue weighted by Crippen LogP contribution is 2.29. The van der Waals surface area contributed by atoms with Crippen molar-refractivity contribution in [2.45, 2.75) is 11.4 Å². The lowest BCUT2D eigenvalue weighted by Crippen LogP contribution is -2.23. The van der Waals surface area contributed by atoms with Gasteiger partial charge in [0.2, 0.25) is 10.0 Å². The molecule has 0 aliphatic rings. The van der Waals surface area contributed by atoms with Gasteiger partial charge in [0.25, 0.3) is 0 Å². The summed E-state index contributed by atoms with van der Waals surface area (Å²) in [5.74, 6) is 0.609.